The van der Waals surface area contributed by atoms with Gasteiger partial charge in [0, 0.05) is 25.7 Å². The summed E-state index contributed by atoms with van der Waals surface area (Å²) in [6.07, 6.45) is 4.95. The largest absolute Gasteiger partial charge is 0.380 e. The molecule has 1 heterocycles. The van der Waals surface area contributed by atoms with Crippen LogP contribution < -0.4 is 5.32 Å². The van der Waals surface area contributed by atoms with E-state index in [1.165, 1.54) is 38.9 Å². The van der Waals surface area contributed by atoms with Crippen LogP contribution in [0.15, 0.2) is 0 Å². The summed E-state index contributed by atoms with van der Waals surface area (Å²) in [4.78, 5) is 2.58. The molecular weight excluding hydrogens is 224 g/mol. The van der Waals surface area contributed by atoms with Crippen molar-refractivity contribution in [2.45, 2.75) is 52.5 Å². The topological polar surface area (TPSA) is 24.5 Å². The molecule has 1 aliphatic rings. The van der Waals surface area contributed by atoms with Gasteiger partial charge in [-0.3, -0.25) is 0 Å². The monoisotopic (exact) mass is 256 g/mol. The molecular formula is C15H32N2O. The number of hydrogen-bond donors (Lipinski definition) is 1. The Hall–Kier alpha value is -0.120. The van der Waals surface area contributed by atoms with Crippen molar-refractivity contribution < 1.29 is 4.74 Å². The van der Waals surface area contributed by atoms with Crippen LogP contribution >= 0.6 is 0 Å². The predicted octanol–water partition coefficient (Wildman–Crippen LogP) is 2.51. The maximum Gasteiger partial charge on any atom is 0.0593 e. The smallest absolute Gasteiger partial charge is 0.0593 e. The van der Waals surface area contributed by atoms with Gasteiger partial charge in [-0.1, -0.05) is 27.2 Å². The lowest BCUT2D eigenvalue weighted by atomic mass is 9.90. The Morgan fingerprint density at radius 1 is 1.17 bits per heavy atom. The van der Waals surface area contributed by atoms with Crippen LogP contribution in [-0.2, 0) is 4.74 Å². The molecule has 0 aromatic carbocycles. The fourth-order valence-electron chi connectivity index (χ4n) is 2.76. The van der Waals surface area contributed by atoms with Crippen LogP contribution in [0, 0.1) is 5.92 Å². The van der Waals surface area contributed by atoms with Gasteiger partial charge in [0.25, 0.3) is 0 Å². The summed E-state index contributed by atoms with van der Waals surface area (Å²) in [6.45, 7) is 13.3. The molecule has 18 heavy (non-hydrogen) atoms. The lowest BCUT2D eigenvalue weighted by molar-refractivity contribution is 0.0740. The number of piperidine rings is 1. The Morgan fingerprint density at radius 3 is 2.67 bits per heavy atom. The second-order valence-corrected chi connectivity index (χ2v) is 5.43. The highest BCUT2D eigenvalue weighted by atomic mass is 16.5. The second kappa shape index (κ2) is 9.76. The van der Waals surface area contributed by atoms with Gasteiger partial charge in [0.2, 0.25) is 0 Å². The second-order valence-electron chi connectivity index (χ2n) is 5.43. The van der Waals surface area contributed by atoms with Gasteiger partial charge in [0.05, 0.1) is 6.61 Å². The van der Waals surface area contributed by atoms with Gasteiger partial charge >= 0.3 is 0 Å². The first-order chi connectivity index (χ1) is 8.81. The molecule has 1 aliphatic heterocycles. The first-order valence-electron chi connectivity index (χ1n) is 7.85. The summed E-state index contributed by atoms with van der Waals surface area (Å²) in [7, 11) is 0. The molecule has 0 saturated carbocycles. The summed E-state index contributed by atoms with van der Waals surface area (Å²) in [6, 6.07) is 0.739. The van der Waals surface area contributed by atoms with Crippen molar-refractivity contribution >= 4 is 0 Å². The zero-order valence-electron chi connectivity index (χ0n) is 12.6. The van der Waals surface area contributed by atoms with E-state index in [1.54, 1.807) is 0 Å². The van der Waals surface area contributed by atoms with Gasteiger partial charge in [-0.2, -0.15) is 0 Å². The fraction of sp³-hybridized carbons (Fsp3) is 1.00. The standard InChI is InChI=1S/C15H32N2O/c1-4-8-16-15-7-9-17(13-14(15)6-3)10-12-18-11-5-2/h14-16H,4-13H2,1-3H3. The van der Waals surface area contributed by atoms with E-state index in [9.17, 15) is 0 Å². The van der Waals surface area contributed by atoms with E-state index in [4.69, 9.17) is 4.74 Å². The summed E-state index contributed by atoms with van der Waals surface area (Å²) in [5, 5.41) is 3.71. The average Bonchev–Trinajstić information content (AvgIpc) is 2.41. The van der Waals surface area contributed by atoms with E-state index < -0.39 is 0 Å². The molecule has 0 radical (unpaired) electrons. The van der Waals surface area contributed by atoms with E-state index in [0.29, 0.717) is 0 Å². The minimum atomic E-state index is 0.739. The molecule has 0 bridgehead atoms. The van der Waals surface area contributed by atoms with Crippen LogP contribution in [0.5, 0.6) is 0 Å². The third-order valence-electron chi connectivity index (χ3n) is 3.90. The quantitative estimate of drug-likeness (QED) is 0.642. The molecule has 0 aromatic rings. The molecule has 2 unspecified atom stereocenters. The van der Waals surface area contributed by atoms with Crippen molar-refractivity contribution in [3.8, 4) is 0 Å². The van der Waals surface area contributed by atoms with Crippen molar-refractivity contribution in [3.05, 3.63) is 0 Å². The third kappa shape index (κ3) is 5.68. The SMILES string of the molecule is CCCNC1CCN(CCOCCC)CC1CC. The van der Waals surface area contributed by atoms with E-state index in [1.807, 2.05) is 0 Å². The van der Waals surface area contributed by atoms with Gasteiger partial charge in [-0.15, -0.1) is 0 Å². The summed E-state index contributed by atoms with van der Waals surface area (Å²) in [5.41, 5.74) is 0. The Bertz CT molecular complexity index is 199. The predicted molar refractivity (Wildman–Crippen MR) is 78.0 cm³/mol. The number of ether oxygens (including phenoxy) is 1. The van der Waals surface area contributed by atoms with Crippen LogP contribution in [0.25, 0.3) is 0 Å². The van der Waals surface area contributed by atoms with Crippen molar-refractivity contribution in [2.75, 3.05) is 39.4 Å². The molecule has 1 rings (SSSR count). The van der Waals surface area contributed by atoms with Crippen LogP contribution in [-0.4, -0.2) is 50.3 Å². The normalized spacial score (nSPS) is 25.5. The minimum Gasteiger partial charge on any atom is -0.380 e. The van der Waals surface area contributed by atoms with E-state index >= 15 is 0 Å². The molecule has 0 spiro atoms. The van der Waals surface area contributed by atoms with Crippen LogP contribution in [0.1, 0.15) is 46.5 Å². The minimum absolute atomic E-state index is 0.739. The molecule has 0 aromatic heterocycles. The molecule has 108 valence electrons. The number of rotatable bonds is 9. The molecule has 1 fully saturated rings. The van der Waals surface area contributed by atoms with Crippen LogP contribution in [0.3, 0.4) is 0 Å². The summed E-state index contributed by atoms with van der Waals surface area (Å²) in [5.74, 6) is 0.816. The Kier molecular flexibility index (Phi) is 8.64. The van der Waals surface area contributed by atoms with Gasteiger partial charge < -0.3 is 15.0 Å². The van der Waals surface area contributed by atoms with Crippen molar-refractivity contribution in [1.82, 2.24) is 10.2 Å². The number of nitrogens with zero attached hydrogens (tertiary/aromatic N) is 1. The maximum absolute atomic E-state index is 5.59. The van der Waals surface area contributed by atoms with Gasteiger partial charge in [0.1, 0.15) is 0 Å². The first-order valence-corrected chi connectivity index (χ1v) is 7.85. The Morgan fingerprint density at radius 2 is 2.00 bits per heavy atom. The first kappa shape index (κ1) is 15.9. The van der Waals surface area contributed by atoms with E-state index in [-0.39, 0.29) is 0 Å². The highest BCUT2D eigenvalue weighted by Gasteiger charge is 2.26. The summed E-state index contributed by atoms with van der Waals surface area (Å²) < 4.78 is 5.59. The van der Waals surface area contributed by atoms with Crippen LogP contribution in [0.4, 0.5) is 0 Å². The van der Waals surface area contributed by atoms with Gasteiger partial charge in [-0.05, 0) is 38.3 Å². The lowest BCUT2D eigenvalue weighted by Crippen LogP contribution is -2.50. The zero-order chi connectivity index (χ0) is 13.2. The van der Waals surface area contributed by atoms with Gasteiger partial charge in [-0.25, -0.2) is 0 Å². The molecule has 1 N–H and O–H groups in total. The van der Waals surface area contributed by atoms with Crippen LogP contribution in [0.2, 0.25) is 0 Å². The molecule has 2 atom stereocenters. The zero-order valence-corrected chi connectivity index (χ0v) is 12.6. The number of hydrogen-bond acceptors (Lipinski definition) is 3. The number of nitrogens with one attached hydrogen (secondary N) is 1. The number of likely N-dealkylation sites (tertiary alicyclic amines) is 1. The Labute approximate surface area is 113 Å². The highest BCUT2D eigenvalue weighted by Crippen LogP contribution is 2.20. The molecule has 3 heteroatoms. The summed E-state index contributed by atoms with van der Waals surface area (Å²) >= 11 is 0. The fourth-order valence-corrected chi connectivity index (χ4v) is 2.76. The van der Waals surface area contributed by atoms with E-state index in [0.717, 1.165) is 38.1 Å². The maximum atomic E-state index is 5.59. The lowest BCUT2D eigenvalue weighted by Gasteiger charge is -2.38. The third-order valence-corrected chi connectivity index (χ3v) is 3.90. The van der Waals surface area contributed by atoms with Crippen molar-refractivity contribution in [3.63, 3.8) is 0 Å². The van der Waals surface area contributed by atoms with Crippen molar-refractivity contribution in [1.29, 1.82) is 0 Å². The molecule has 1 saturated heterocycles. The molecule has 0 amide bonds. The van der Waals surface area contributed by atoms with E-state index in [2.05, 4.69) is 31.0 Å². The molecule has 0 aliphatic carbocycles. The Balaban J connectivity index is 2.22. The molecule has 3 nitrogen and oxygen atoms in total. The van der Waals surface area contributed by atoms with Crippen molar-refractivity contribution in [2.24, 2.45) is 5.92 Å². The average molecular weight is 256 g/mol. The highest BCUT2D eigenvalue weighted by molar-refractivity contribution is 4.84. The van der Waals surface area contributed by atoms with Gasteiger partial charge in [0.15, 0.2) is 0 Å².